The van der Waals surface area contributed by atoms with E-state index in [1.165, 1.54) is 12.8 Å². The molecule has 0 unspecified atom stereocenters. The van der Waals surface area contributed by atoms with Crippen molar-refractivity contribution in [2.45, 2.75) is 58.7 Å². The van der Waals surface area contributed by atoms with Crippen LogP contribution in [0, 0.1) is 17.3 Å². The van der Waals surface area contributed by atoms with Crippen molar-refractivity contribution >= 4 is 0 Å². The fourth-order valence-electron chi connectivity index (χ4n) is 3.98. The Hall–Kier alpha value is -0.340. The van der Waals surface area contributed by atoms with E-state index in [1.807, 2.05) is 0 Å². The average molecular weight is 224 g/mol. The van der Waals surface area contributed by atoms with Gasteiger partial charge in [-0.3, -0.25) is 0 Å². The molecule has 92 valence electrons. The molecule has 0 bridgehead atoms. The van der Waals surface area contributed by atoms with Gasteiger partial charge in [-0.15, -0.1) is 0 Å². The molecule has 0 heterocycles. The highest BCUT2D eigenvalue weighted by molar-refractivity contribution is 5.29. The lowest BCUT2D eigenvalue weighted by Gasteiger charge is -2.35. The van der Waals surface area contributed by atoms with Gasteiger partial charge in [0.25, 0.3) is 0 Å². The zero-order valence-corrected chi connectivity index (χ0v) is 10.6. The van der Waals surface area contributed by atoms with Gasteiger partial charge in [-0.05, 0) is 42.1 Å². The minimum Gasteiger partial charge on any atom is -0.390 e. The second-order valence-electron chi connectivity index (χ2n) is 6.03. The van der Waals surface area contributed by atoms with Crippen LogP contribution in [0.25, 0.3) is 0 Å². The summed E-state index contributed by atoms with van der Waals surface area (Å²) >= 11 is 0. The maximum Gasteiger partial charge on any atom is 0.102 e. The molecule has 0 radical (unpaired) electrons. The molecule has 1 fully saturated rings. The lowest BCUT2D eigenvalue weighted by atomic mass is 9.69. The van der Waals surface area contributed by atoms with Gasteiger partial charge in [0, 0.05) is 0 Å². The average Bonchev–Trinajstić information content (AvgIpc) is 2.37. The van der Waals surface area contributed by atoms with E-state index in [4.69, 9.17) is 0 Å². The van der Waals surface area contributed by atoms with Crippen molar-refractivity contribution in [1.29, 1.82) is 0 Å². The second-order valence-corrected chi connectivity index (χ2v) is 6.03. The van der Waals surface area contributed by atoms with Gasteiger partial charge in [-0.2, -0.15) is 0 Å². The quantitative estimate of drug-likeness (QED) is 0.672. The van der Waals surface area contributed by atoms with Crippen LogP contribution in [0.2, 0.25) is 0 Å². The Bertz CT molecular complexity index is 295. The van der Waals surface area contributed by atoms with Crippen LogP contribution in [-0.4, -0.2) is 22.4 Å². The molecule has 0 saturated heterocycles. The van der Waals surface area contributed by atoms with E-state index < -0.39 is 12.2 Å². The summed E-state index contributed by atoms with van der Waals surface area (Å²) in [6.45, 7) is 6.54. The van der Waals surface area contributed by atoms with Gasteiger partial charge in [0.15, 0.2) is 0 Å². The maximum absolute atomic E-state index is 10.2. The number of aliphatic hydroxyl groups excluding tert-OH is 2. The highest BCUT2D eigenvalue weighted by Crippen LogP contribution is 2.54. The van der Waals surface area contributed by atoms with E-state index in [9.17, 15) is 10.2 Å². The molecular weight excluding hydrogens is 200 g/mol. The zero-order chi connectivity index (χ0) is 11.9. The summed E-state index contributed by atoms with van der Waals surface area (Å²) in [5.41, 5.74) is 1.12. The van der Waals surface area contributed by atoms with Crippen molar-refractivity contribution in [3.63, 3.8) is 0 Å². The van der Waals surface area contributed by atoms with E-state index >= 15 is 0 Å². The van der Waals surface area contributed by atoms with Gasteiger partial charge in [0.2, 0.25) is 0 Å². The number of hydrogen-bond acceptors (Lipinski definition) is 2. The third-order valence-corrected chi connectivity index (χ3v) is 4.64. The molecule has 2 nitrogen and oxygen atoms in total. The van der Waals surface area contributed by atoms with Gasteiger partial charge in [-0.25, -0.2) is 0 Å². The van der Waals surface area contributed by atoms with Gasteiger partial charge < -0.3 is 10.2 Å². The molecule has 16 heavy (non-hydrogen) atoms. The van der Waals surface area contributed by atoms with Crippen LogP contribution in [0.4, 0.5) is 0 Å². The van der Waals surface area contributed by atoms with Gasteiger partial charge in [0.1, 0.15) is 6.10 Å². The van der Waals surface area contributed by atoms with Crippen LogP contribution in [-0.2, 0) is 0 Å². The molecule has 0 aromatic rings. The number of aliphatic hydroxyl groups is 2. The van der Waals surface area contributed by atoms with E-state index in [0.29, 0.717) is 5.92 Å². The number of allylic oxidation sites excluding steroid dienone is 1. The summed E-state index contributed by atoms with van der Waals surface area (Å²) in [4.78, 5) is 0. The Kier molecular flexibility index (Phi) is 3.15. The Labute approximate surface area is 98.4 Å². The standard InChI is InChI=1S/C14H24O2/c1-9(2)11-13(16)12(15)10-7-5-4-6-8-14(10,11)3/h7,9,11-13,15-16H,4-6,8H2,1-3H3/t11-,12+,13-,14-/m0/s1. The first kappa shape index (κ1) is 12.1. The fraction of sp³-hybridized carbons (Fsp3) is 0.857. The molecule has 0 amide bonds. The Morgan fingerprint density at radius 2 is 2.00 bits per heavy atom. The number of fused-ring (bicyclic) bond motifs is 1. The highest BCUT2D eigenvalue weighted by atomic mass is 16.3. The van der Waals surface area contributed by atoms with Crippen molar-refractivity contribution in [1.82, 2.24) is 0 Å². The summed E-state index contributed by atoms with van der Waals surface area (Å²) < 4.78 is 0. The number of hydrogen-bond donors (Lipinski definition) is 2. The molecule has 0 aromatic carbocycles. The molecule has 2 heteroatoms. The van der Waals surface area contributed by atoms with Crippen molar-refractivity contribution < 1.29 is 10.2 Å². The molecule has 2 aliphatic carbocycles. The van der Waals surface area contributed by atoms with Gasteiger partial charge >= 0.3 is 0 Å². The van der Waals surface area contributed by atoms with Gasteiger partial charge in [0.05, 0.1) is 6.10 Å². The summed E-state index contributed by atoms with van der Waals surface area (Å²) in [5, 5.41) is 20.4. The lowest BCUT2D eigenvalue weighted by molar-refractivity contribution is 0.000117. The van der Waals surface area contributed by atoms with E-state index in [0.717, 1.165) is 18.4 Å². The first-order valence-electron chi connectivity index (χ1n) is 6.55. The Balaban J connectivity index is 2.41. The SMILES string of the molecule is CC(C)[C@H]1[C@H](O)[C@H](O)C2=CCCCC[C@@]21C. The fourth-order valence-corrected chi connectivity index (χ4v) is 3.98. The van der Waals surface area contributed by atoms with E-state index in [1.54, 1.807) is 0 Å². The Morgan fingerprint density at radius 3 is 2.62 bits per heavy atom. The molecule has 0 aliphatic heterocycles. The van der Waals surface area contributed by atoms with Crippen molar-refractivity contribution in [2.24, 2.45) is 17.3 Å². The summed E-state index contributed by atoms with van der Waals surface area (Å²) in [7, 11) is 0. The van der Waals surface area contributed by atoms with Crippen LogP contribution < -0.4 is 0 Å². The molecule has 0 aromatic heterocycles. The summed E-state index contributed by atoms with van der Waals surface area (Å²) in [6.07, 6.45) is 5.56. The lowest BCUT2D eigenvalue weighted by Crippen LogP contribution is -2.34. The molecule has 2 N–H and O–H groups in total. The number of rotatable bonds is 1. The molecule has 0 spiro atoms. The van der Waals surface area contributed by atoms with Crippen molar-refractivity contribution in [3.8, 4) is 0 Å². The topological polar surface area (TPSA) is 40.5 Å². The first-order valence-corrected chi connectivity index (χ1v) is 6.55. The van der Waals surface area contributed by atoms with E-state index in [-0.39, 0.29) is 11.3 Å². The smallest absolute Gasteiger partial charge is 0.102 e. The summed E-state index contributed by atoms with van der Waals surface area (Å²) in [5.74, 6) is 0.616. The maximum atomic E-state index is 10.2. The third-order valence-electron chi connectivity index (χ3n) is 4.64. The van der Waals surface area contributed by atoms with Crippen LogP contribution in [0.3, 0.4) is 0 Å². The third kappa shape index (κ3) is 1.63. The molecular formula is C14H24O2. The molecule has 4 atom stereocenters. The minimum atomic E-state index is -0.629. The highest BCUT2D eigenvalue weighted by Gasteiger charge is 2.54. The zero-order valence-electron chi connectivity index (χ0n) is 10.6. The predicted molar refractivity (Wildman–Crippen MR) is 65.0 cm³/mol. The molecule has 2 aliphatic rings. The predicted octanol–water partition coefficient (Wildman–Crippen LogP) is 2.50. The summed E-state index contributed by atoms with van der Waals surface area (Å²) in [6, 6.07) is 0. The second kappa shape index (κ2) is 4.15. The Morgan fingerprint density at radius 1 is 1.31 bits per heavy atom. The van der Waals surface area contributed by atoms with Crippen molar-refractivity contribution in [2.75, 3.05) is 0 Å². The van der Waals surface area contributed by atoms with Crippen LogP contribution in [0.15, 0.2) is 11.6 Å². The normalized spacial score (nSPS) is 44.1. The van der Waals surface area contributed by atoms with Gasteiger partial charge in [-0.1, -0.05) is 33.3 Å². The minimum absolute atomic E-state index is 0.0174. The molecule has 2 rings (SSSR count). The van der Waals surface area contributed by atoms with E-state index in [2.05, 4.69) is 26.8 Å². The molecule has 1 saturated carbocycles. The monoisotopic (exact) mass is 224 g/mol. The first-order chi connectivity index (χ1) is 7.48. The largest absolute Gasteiger partial charge is 0.390 e. The van der Waals surface area contributed by atoms with Crippen molar-refractivity contribution in [3.05, 3.63) is 11.6 Å². The van der Waals surface area contributed by atoms with Crippen LogP contribution >= 0.6 is 0 Å². The van der Waals surface area contributed by atoms with Crippen LogP contribution in [0.5, 0.6) is 0 Å². The van der Waals surface area contributed by atoms with Crippen LogP contribution in [0.1, 0.15) is 46.5 Å².